The molecule has 0 saturated heterocycles. The molecule has 0 spiro atoms. The Morgan fingerprint density at radius 3 is 3.05 bits per heavy atom. The Bertz CT molecular complexity index is 629. The first-order chi connectivity index (χ1) is 9.13. The monoisotopic (exact) mass is 276 g/mol. The Hall–Kier alpha value is -1.75. The van der Waals surface area contributed by atoms with Gasteiger partial charge in [0.2, 0.25) is 0 Å². The number of anilines is 1. The largest absolute Gasteiger partial charge is 0.298 e. The molecule has 5 heteroatoms. The predicted octanol–water partition coefficient (Wildman–Crippen LogP) is 3.33. The highest BCUT2D eigenvalue weighted by atomic mass is 32.1. The first-order valence-corrected chi connectivity index (χ1v) is 7.01. The summed E-state index contributed by atoms with van der Waals surface area (Å²) in [5.74, 6) is -0.944. The van der Waals surface area contributed by atoms with Crippen LogP contribution in [0.1, 0.15) is 32.9 Å². The molecule has 0 unspecified atom stereocenters. The average Bonchev–Trinajstić information content (AvgIpc) is 2.92. The van der Waals surface area contributed by atoms with Crippen molar-refractivity contribution in [3.05, 3.63) is 45.7 Å². The number of rotatable bonds is 2. The molecule has 98 valence electrons. The van der Waals surface area contributed by atoms with Gasteiger partial charge >= 0.3 is 0 Å². The van der Waals surface area contributed by atoms with E-state index in [-0.39, 0.29) is 5.56 Å². The zero-order valence-electron chi connectivity index (χ0n) is 10.5. The van der Waals surface area contributed by atoms with Crippen molar-refractivity contribution >= 4 is 22.4 Å². The van der Waals surface area contributed by atoms with Gasteiger partial charge in [0, 0.05) is 4.88 Å². The Morgan fingerprint density at radius 2 is 2.26 bits per heavy atom. The van der Waals surface area contributed by atoms with E-state index in [1.54, 1.807) is 12.1 Å². The number of amides is 1. The molecule has 0 bridgehead atoms. The van der Waals surface area contributed by atoms with Gasteiger partial charge in [0.15, 0.2) is 5.13 Å². The van der Waals surface area contributed by atoms with Crippen LogP contribution in [0.3, 0.4) is 0 Å². The Labute approximate surface area is 114 Å². The normalized spacial score (nSPS) is 13.4. The third kappa shape index (κ3) is 2.38. The lowest BCUT2D eigenvalue weighted by molar-refractivity contribution is 0.102. The van der Waals surface area contributed by atoms with Gasteiger partial charge in [-0.05, 0) is 38.3 Å². The predicted molar refractivity (Wildman–Crippen MR) is 73.2 cm³/mol. The van der Waals surface area contributed by atoms with Crippen molar-refractivity contribution in [2.75, 3.05) is 5.32 Å². The van der Waals surface area contributed by atoms with Crippen LogP contribution in [0.2, 0.25) is 0 Å². The van der Waals surface area contributed by atoms with Gasteiger partial charge in [0.25, 0.3) is 5.91 Å². The van der Waals surface area contributed by atoms with Crippen LogP contribution in [0.15, 0.2) is 18.2 Å². The second-order valence-corrected chi connectivity index (χ2v) is 5.76. The van der Waals surface area contributed by atoms with E-state index in [9.17, 15) is 9.18 Å². The van der Waals surface area contributed by atoms with Gasteiger partial charge < -0.3 is 0 Å². The Morgan fingerprint density at radius 1 is 1.42 bits per heavy atom. The molecule has 0 fully saturated rings. The van der Waals surface area contributed by atoms with Crippen molar-refractivity contribution in [1.82, 2.24) is 4.98 Å². The minimum Gasteiger partial charge on any atom is -0.298 e. The van der Waals surface area contributed by atoms with Crippen molar-refractivity contribution < 1.29 is 9.18 Å². The minimum atomic E-state index is -0.507. The summed E-state index contributed by atoms with van der Waals surface area (Å²) >= 11 is 1.49. The average molecular weight is 276 g/mol. The van der Waals surface area contributed by atoms with Gasteiger partial charge in [-0.25, -0.2) is 9.37 Å². The fourth-order valence-electron chi connectivity index (χ4n) is 2.22. The van der Waals surface area contributed by atoms with E-state index >= 15 is 0 Å². The first-order valence-electron chi connectivity index (χ1n) is 6.19. The van der Waals surface area contributed by atoms with Crippen LogP contribution in [-0.2, 0) is 12.8 Å². The lowest BCUT2D eigenvalue weighted by Crippen LogP contribution is -2.13. The summed E-state index contributed by atoms with van der Waals surface area (Å²) in [7, 11) is 0. The van der Waals surface area contributed by atoms with Crippen LogP contribution in [-0.4, -0.2) is 10.9 Å². The summed E-state index contributed by atoms with van der Waals surface area (Å²) in [6, 6.07) is 4.50. The van der Waals surface area contributed by atoms with Crippen molar-refractivity contribution in [3.8, 4) is 0 Å². The van der Waals surface area contributed by atoms with Crippen LogP contribution in [0.4, 0.5) is 9.52 Å². The molecule has 1 aliphatic carbocycles. The van der Waals surface area contributed by atoms with Crippen molar-refractivity contribution in [2.45, 2.75) is 26.2 Å². The molecular formula is C14H13FN2OS. The summed E-state index contributed by atoms with van der Waals surface area (Å²) in [5, 5.41) is 3.25. The van der Waals surface area contributed by atoms with Gasteiger partial charge in [-0.1, -0.05) is 11.6 Å². The number of halogens is 1. The molecule has 0 radical (unpaired) electrons. The van der Waals surface area contributed by atoms with Crippen molar-refractivity contribution in [2.24, 2.45) is 0 Å². The molecule has 1 aliphatic rings. The smallest absolute Gasteiger partial charge is 0.260 e. The third-order valence-electron chi connectivity index (χ3n) is 3.18. The fourth-order valence-corrected chi connectivity index (χ4v) is 3.27. The molecule has 1 N–H and O–H groups in total. The molecule has 1 aromatic heterocycles. The van der Waals surface area contributed by atoms with Gasteiger partial charge in [0.1, 0.15) is 5.82 Å². The molecule has 1 aromatic carbocycles. The van der Waals surface area contributed by atoms with Crippen LogP contribution >= 0.6 is 11.3 Å². The number of carbonyl (C=O) groups is 1. The molecule has 3 rings (SSSR count). The van der Waals surface area contributed by atoms with E-state index < -0.39 is 11.7 Å². The number of hydrogen-bond donors (Lipinski definition) is 1. The number of nitrogens with one attached hydrogen (secondary N) is 1. The molecule has 0 atom stereocenters. The molecule has 1 heterocycles. The van der Waals surface area contributed by atoms with Gasteiger partial charge in [-0.15, -0.1) is 11.3 Å². The van der Waals surface area contributed by atoms with Crippen LogP contribution in [0, 0.1) is 12.7 Å². The van der Waals surface area contributed by atoms with Gasteiger partial charge in [-0.2, -0.15) is 0 Å². The summed E-state index contributed by atoms with van der Waals surface area (Å²) < 4.78 is 13.6. The number of aryl methyl sites for hydroxylation is 3. The van der Waals surface area contributed by atoms with Crippen molar-refractivity contribution in [3.63, 3.8) is 0 Å². The molecule has 2 aromatic rings. The maximum atomic E-state index is 13.6. The molecular weight excluding hydrogens is 263 g/mol. The summed E-state index contributed by atoms with van der Waals surface area (Å²) in [4.78, 5) is 17.6. The van der Waals surface area contributed by atoms with Crippen LogP contribution in [0.25, 0.3) is 0 Å². The van der Waals surface area contributed by atoms with Crippen LogP contribution in [0.5, 0.6) is 0 Å². The summed E-state index contributed by atoms with van der Waals surface area (Å²) in [6.07, 6.45) is 3.14. The van der Waals surface area contributed by atoms with Crippen LogP contribution < -0.4 is 5.32 Å². The number of nitrogens with zero attached hydrogens (tertiary/aromatic N) is 1. The van der Waals surface area contributed by atoms with E-state index in [0.29, 0.717) is 5.13 Å². The Balaban J connectivity index is 1.82. The van der Waals surface area contributed by atoms with E-state index in [1.165, 1.54) is 22.3 Å². The summed E-state index contributed by atoms with van der Waals surface area (Å²) in [5.41, 5.74) is 1.99. The molecule has 1 amide bonds. The van der Waals surface area contributed by atoms with E-state index in [1.807, 2.05) is 6.92 Å². The SMILES string of the molecule is Cc1ccc(F)c(C(=O)Nc2nc3c(s2)CCC3)c1. The second kappa shape index (κ2) is 4.74. The third-order valence-corrected chi connectivity index (χ3v) is 4.26. The molecule has 0 saturated carbocycles. The molecule has 3 nitrogen and oxygen atoms in total. The number of aromatic nitrogens is 1. The maximum Gasteiger partial charge on any atom is 0.260 e. The lowest BCUT2D eigenvalue weighted by atomic mass is 10.1. The number of thiazole rings is 1. The van der Waals surface area contributed by atoms with Crippen molar-refractivity contribution in [1.29, 1.82) is 0 Å². The molecule has 19 heavy (non-hydrogen) atoms. The summed E-state index contributed by atoms with van der Waals surface area (Å²) in [6.45, 7) is 1.83. The highest BCUT2D eigenvalue weighted by molar-refractivity contribution is 7.15. The topological polar surface area (TPSA) is 42.0 Å². The van der Waals surface area contributed by atoms with Gasteiger partial charge in [0.05, 0.1) is 11.3 Å². The zero-order valence-corrected chi connectivity index (χ0v) is 11.3. The number of carbonyl (C=O) groups excluding carboxylic acids is 1. The Kier molecular flexibility index (Phi) is 3.06. The maximum absolute atomic E-state index is 13.6. The number of hydrogen-bond acceptors (Lipinski definition) is 3. The van der Waals surface area contributed by atoms with Gasteiger partial charge in [-0.3, -0.25) is 10.1 Å². The standard InChI is InChI=1S/C14H13FN2OS/c1-8-5-6-10(15)9(7-8)13(18)17-14-16-11-3-2-4-12(11)19-14/h5-7H,2-4H2,1H3,(H,16,17,18). The van der Waals surface area contributed by atoms with E-state index in [4.69, 9.17) is 0 Å². The second-order valence-electron chi connectivity index (χ2n) is 4.68. The van der Waals surface area contributed by atoms with E-state index in [2.05, 4.69) is 10.3 Å². The zero-order chi connectivity index (χ0) is 13.4. The minimum absolute atomic E-state index is 0.0651. The fraction of sp³-hybridized carbons (Fsp3) is 0.286. The number of benzene rings is 1. The number of fused-ring (bicyclic) bond motifs is 1. The highest BCUT2D eigenvalue weighted by Crippen LogP contribution is 2.30. The first kappa shape index (κ1) is 12.3. The lowest BCUT2D eigenvalue weighted by Gasteiger charge is -2.04. The highest BCUT2D eigenvalue weighted by Gasteiger charge is 2.19. The molecule has 0 aliphatic heterocycles. The van der Waals surface area contributed by atoms with E-state index in [0.717, 1.165) is 30.5 Å². The quantitative estimate of drug-likeness (QED) is 0.914.